The molecular formula is C13H9Br2N3O2S. The molecule has 0 saturated heterocycles. The van der Waals surface area contributed by atoms with Crippen molar-refractivity contribution in [2.45, 2.75) is 10.6 Å². The van der Waals surface area contributed by atoms with E-state index in [0.717, 1.165) is 15.1 Å². The van der Waals surface area contributed by atoms with Gasteiger partial charge in [0.15, 0.2) is 10.4 Å². The monoisotopic (exact) mass is 429 g/mol. The highest BCUT2D eigenvalue weighted by molar-refractivity contribution is 9.10. The molecule has 2 N–H and O–H groups in total. The Kier molecular flexibility index (Phi) is 4.37. The lowest BCUT2D eigenvalue weighted by Crippen LogP contribution is -1.89. The van der Waals surface area contributed by atoms with E-state index in [0.29, 0.717) is 28.0 Å². The standard InChI is InChI=1S/C13H9Br2N3O2S/c14-7-1-2-8(16)10(5-7)21-6-12-17-18-13(20-12)9-3-4-11(15)19-9/h1-5H,6,16H2. The number of nitrogen functional groups attached to an aromatic ring is 1. The van der Waals surface area contributed by atoms with Gasteiger partial charge in [-0.2, -0.15) is 0 Å². The molecule has 0 atom stereocenters. The summed E-state index contributed by atoms with van der Waals surface area (Å²) in [5.41, 5.74) is 6.64. The first kappa shape index (κ1) is 14.7. The van der Waals surface area contributed by atoms with Crippen LogP contribution < -0.4 is 5.73 Å². The van der Waals surface area contributed by atoms with E-state index in [-0.39, 0.29) is 0 Å². The summed E-state index contributed by atoms with van der Waals surface area (Å²) in [7, 11) is 0. The fraction of sp³-hybridized carbons (Fsp3) is 0.0769. The van der Waals surface area contributed by atoms with Gasteiger partial charge in [-0.3, -0.25) is 0 Å². The number of halogens is 2. The molecule has 8 heteroatoms. The zero-order chi connectivity index (χ0) is 14.8. The lowest BCUT2D eigenvalue weighted by molar-refractivity contribution is 0.486. The predicted molar refractivity (Wildman–Crippen MR) is 87.8 cm³/mol. The van der Waals surface area contributed by atoms with Crippen LogP contribution in [-0.2, 0) is 5.75 Å². The third-order valence-corrected chi connectivity index (χ3v) is 4.55. The number of rotatable bonds is 4. The normalized spacial score (nSPS) is 11.0. The molecule has 1 aromatic carbocycles. The quantitative estimate of drug-likeness (QED) is 0.476. The molecule has 0 radical (unpaired) electrons. The van der Waals surface area contributed by atoms with Crippen LogP contribution in [0.15, 0.2) is 53.2 Å². The number of nitrogens with zero attached hydrogens (tertiary/aromatic N) is 2. The van der Waals surface area contributed by atoms with Crippen molar-refractivity contribution >= 4 is 49.3 Å². The number of nitrogens with two attached hydrogens (primary N) is 1. The summed E-state index contributed by atoms with van der Waals surface area (Å²) in [6.07, 6.45) is 0. The average Bonchev–Trinajstić information content (AvgIpc) is 3.08. The van der Waals surface area contributed by atoms with Crippen LogP contribution in [0.3, 0.4) is 0 Å². The smallest absolute Gasteiger partial charge is 0.283 e. The molecule has 5 nitrogen and oxygen atoms in total. The predicted octanol–water partition coefficient (Wildman–Crippen LogP) is 4.73. The third-order valence-electron chi connectivity index (χ3n) is 2.58. The van der Waals surface area contributed by atoms with Crippen LogP contribution in [0.25, 0.3) is 11.7 Å². The van der Waals surface area contributed by atoms with Gasteiger partial charge in [0.05, 0.1) is 5.75 Å². The van der Waals surface area contributed by atoms with Crippen molar-refractivity contribution in [3.63, 3.8) is 0 Å². The van der Waals surface area contributed by atoms with Crippen molar-refractivity contribution in [2.24, 2.45) is 0 Å². The minimum atomic E-state index is 0.360. The molecule has 3 rings (SSSR count). The summed E-state index contributed by atoms with van der Waals surface area (Å²) in [6, 6.07) is 9.25. The number of thioether (sulfide) groups is 1. The molecule has 2 heterocycles. The highest BCUT2D eigenvalue weighted by Gasteiger charge is 2.13. The number of furan rings is 1. The number of anilines is 1. The summed E-state index contributed by atoms with van der Waals surface area (Å²) in [5, 5.41) is 7.97. The van der Waals surface area contributed by atoms with Crippen LogP contribution in [0.2, 0.25) is 0 Å². The average molecular weight is 431 g/mol. The zero-order valence-electron chi connectivity index (χ0n) is 10.5. The Hall–Kier alpha value is -1.25. The second-order valence-corrected chi connectivity index (χ2v) is 6.79. The second kappa shape index (κ2) is 6.25. The Morgan fingerprint density at radius 1 is 1.10 bits per heavy atom. The molecule has 3 aromatic rings. The van der Waals surface area contributed by atoms with Crippen LogP contribution in [0.1, 0.15) is 5.89 Å². The van der Waals surface area contributed by atoms with E-state index in [9.17, 15) is 0 Å². The van der Waals surface area contributed by atoms with Crippen molar-refractivity contribution in [2.75, 3.05) is 5.73 Å². The minimum Gasteiger partial charge on any atom is -0.444 e. The lowest BCUT2D eigenvalue weighted by atomic mass is 10.3. The molecule has 0 amide bonds. The molecule has 0 bridgehead atoms. The number of hydrogen-bond donors (Lipinski definition) is 1. The van der Waals surface area contributed by atoms with E-state index < -0.39 is 0 Å². The van der Waals surface area contributed by atoms with Crippen LogP contribution in [-0.4, -0.2) is 10.2 Å². The summed E-state index contributed by atoms with van der Waals surface area (Å²) in [5.74, 6) is 1.95. The fourth-order valence-corrected chi connectivity index (χ4v) is 3.27. The van der Waals surface area contributed by atoms with Crippen molar-refractivity contribution < 1.29 is 8.83 Å². The second-order valence-electron chi connectivity index (χ2n) is 4.08. The molecule has 0 aliphatic carbocycles. The lowest BCUT2D eigenvalue weighted by Gasteiger charge is -2.03. The van der Waals surface area contributed by atoms with Gasteiger partial charge in [-0.1, -0.05) is 15.9 Å². The first-order chi connectivity index (χ1) is 10.1. The van der Waals surface area contributed by atoms with Gasteiger partial charge in [0.1, 0.15) is 0 Å². The molecule has 0 saturated carbocycles. The Bertz CT molecular complexity index is 772. The van der Waals surface area contributed by atoms with Gasteiger partial charge < -0.3 is 14.6 Å². The Morgan fingerprint density at radius 3 is 2.71 bits per heavy atom. The van der Waals surface area contributed by atoms with Gasteiger partial charge in [-0.25, -0.2) is 0 Å². The minimum absolute atomic E-state index is 0.360. The molecule has 0 unspecified atom stereocenters. The summed E-state index contributed by atoms with van der Waals surface area (Å²) in [4.78, 5) is 0.963. The SMILES string of the molecule is Nc1ccc(Br)cc1SCc1nnc(-c2ccc(Br)o2)o1. The van der Waals surface area contributed by atoms with Crippen molar-refractivity contribution in [3.05, 3.63) is 45.4 Å². The van der Waals surface area contributed by atoms with Gasteiger partial charge >= 0.3 is 0 Å². The zero-order valence-corrected chi connectivity index (χ0v) is 14.5. The maximum absolute atomic E-state index is 5.92. The van der Waals surface area contributed by atoms with Crippen LogP contribution in [0.5, 0.6) is 0 Å². The largest absolute Gasteiger partial charge is 0.444 e. The van der Waals surface area contributed by atoms with E-state index in [2.05, 4.69) is 42.1 Å². The van der Waals surface area contributed by atoms with E-state index in [1.54, 1.807) is 12.1 Å². The van der Waals surface area contributed by atoms with E-state index >= 15 is 0 Å². The Morgan fingerprint density at radius 2 is 1.95 bits per heavy atom. The van der Waals surface area contributed by atoms with Crippen LogP contribution in [0.4, 0.5) is 5.69 Å². The van der Waals surface area contributed by atoms with Gasteiger partial charge in [0.25, 0.3) is 5.89 Å². The first-order valence-corrected chi connectivity index (χ1v) is 8.45. The molecule has 0 aliphatic heterocycles. The topological polar surface area (TPSA) is 78.1 Å². The fourth-order valence-electron chi connectivity index (χ4n) is 1.61. The van der Waals surface area contributed by atoms with Crippen molar-refractivity contribution in [1.82, 2.24) is 10.2 Å². The van der Waals surface area contributed by atoms with E-state index in [1.165, 1.54) is 11.8 Å². The van der Waals surface area contributed by atoms with Gasteiger partial charge in [-0.15, -0.1) is 22.0 Å². The van der Waals surface area contributed by atoms with Crippen molar-refractivity contribution in [3.8, 4) is 11.7 Å². The Labute approximate surface area is 141 Å². The highest BCUT2D eigenvalue weighted by Crippen LogP contribution is 2.31. The van der Waals surface area contributed by atoms with Crippen LogP contribution in [0, 0.1) is 0 Å². The summed E-state index contributed by atoms with van der Waals surface area (Å²) < 4.78 is 12.5. The molecule has 0 fully saturated rings. The number of hydrogen-bond acceptors (Lipinski definition) is 6. The Balaban J connectivity index is 1.71. The molecule has 0 spiro atoms. The molecule has 21 heavy (non-hydrogen) atoms. The van der Waals surface area contributed by atoms with E-state index in [1.807, 2.05) is 18.2 Å². The van der Waals surface area contributed by atoms with Crippen molar-refractivity contribution in [1.29, 1.82) is 0 Å². The van der Waals surface area contributed by atoms with Crippen LogP contribution >= 0.6 is 43.6 Å². The first-order valence-electron chi connectivity index (χ1n) is 5.88. The molecular weight excluding hydrogens is 422 g/mol. The highest BCUT2D eigenvalue weighted by atomic mass is 79.9. The maximum atomic E-state index is 5.92. The molecule has 2 aromatic heterocycles. The number of aromatic nitrogens is 2. The maximum Gasteiger partial charge on any atom is 0.283 e. The van der Waals surface area contributed by atoms with Gasteiger partial charge in [0, 0.05) is 15.1 Å². The molecule has 108 valence electrons. The summed E-state index contributed by atoms with van der Waals surface area (Å²) in [6.45, 7) is 0. The van der Waals surface area contributed by atoms with E-state index in [4.69, 9.17) is 14.6 Å². The van der Waals surface area contributed by atoms with Gasteiger partial charge in [0.2, 0.25) is 5.89 Å². The third kappa shape index (κ3) is 3.50. The molecule has 0 aliphatic rings. The van der Waals surface area contributed by atoms with Gasteiger partial charge in [-0.05, 0) is 46.3 Å². The number of benzene rings is 1. The summed E-state index contributed by atoms with van der Waals surface area (Å²) >= 11 is 8.19.